The summed E-state index contributed by atoms with van der Waals surface area (Å²) in [5.41, 5.74) is 2.83. The molecule has 1 aromatic heterocycles. The quantitative estimate of drug-likeness (QED) is 0.454. The van der Waals surface area contributed by atoms with Gasteiger partial charge in [0.2, 0.25) is 0 Å². The fourth-order valence-corrected chi connectivity index (χ4v) is 3.46. The zero-order chi connectivity index (χ0) is 21.8. The van der Waals surface area contributed by atoms with E-state index in [1.807, 2.05) is 18.2 Å². The van der Waals surface area contributed by atoms with Crippen molar-refractivity contribution in [3.63, 3.8) is 0 Å². The molecule has 0 aliphatic carbocycles. The summed E-state index contributed by atoms with van der Waals surface area (Å²) in [6.07, 6.45) is 3.67. The highest BCUT2D eigenvalue weighted by atomic mass is 16.5. The van der Waals surface area contributed by atoms with Crippen LogP contribution in [-0.4, -0.2) is 40.1 Å². The van der Waals surface area contributed by atoms with Crippen LogP contribution in [0.4, 0.5) is 5.69 Å². The summed E-state index contributed by atoms with van der Waals surface area (Å²) in [7, 11) is -1.35. The van der Waals surface area contributed by atoms with Gasteiger partial charge in [0.15, 0.2) is 0 Å². The van der Waals surface area contributed by atoms with E-state index in [4.69, 9.17) is 4.65 Å². The second-order valence-electron chi connectivity index (χ2n) is 7.19. The Kier molecular flexibility index (Phi) is 5.86. The van der Waals surface area contributed by atoms with Crippen LogP contribution in [0.3, 0.4) is 0 Å². The van der Waals surface area contributed by atoms with Gasteiger partial charge in [0.1, 0.15) is 5.75 Å². The van der Waals surface area contributed by atoms with Crippen LogP contribution in [0.25, 0.3) is 0 Å². The average Bonchev–Trinajstić information content (AvgIpc) is 2.78. The summed E-state index contributed by atoms with van der Waals surface area (Å²) >= 11 is 0. The van der Waals surface area contributed by atoms with Crippen molar-refractivity contribution in [3.8, 4) is 5.75 Å². The van der Waals surface area contributed by atoms with Gasteiger partial charge in [0.05, 0.1) is 17.2 Å². The summed E-state index contributed by atoms with van der Waals surface area (Å²) in [5, 5.41) is 25.6. The molecule has 4 N–H and O–H groups in total. The maximum absolute atomic E-state index is 12.8. The maximum atomic E-state index is 12.8. The third-order valence-corrected chi connectivity index (χ3v) is 5.01. The molecule has 0 radical (unpaired) electrons. The Hall–Kier alpha value is -3.85. The van der Waals surface area contributed by atoms with Crippen molar-refractivity contribution in [3.05, 3.63) is 89.2 Å². The molecule has 0 spiro atoms. The van der Waals surface area contributed by atoms with Crippen molar-refractivity contribution < 1.29 is 24.4 Å². The molecule has 31 heavy (non-hydrogen) atoms. The van der Waals surface area contributed by atoms with Gasteiger partial charge in [-0.25, -0.2) is 4.79 Å². The highest BCUT2D eigenvalue weighted by Crippen LogP contribution is 2.30. The van der Waals surface area contributed by atoms with Gasteiger partial charge in [-0.1, -0.05) is 24.3 Å². The van der Waals surface area contributed by atoms with Crippen molar-refractivity contribution in [2.24, 2.45) is 0 Å². The Labute approximate surface area is 179 Å². The van der Waals surface area contributed by atoms with Crippen molar-refractivity contribution in [2.45, 2.75) is 18.9 Å². The monoisotopic (exact) mass is 417 g/mol. The Morgan fingerprint density at radius 2 is 2.00 bits per heavy atom. The first-order chi connectivity index (χ1) is 15.0. The molecule has 0 saturated heterocycles. The predicted molar refractivity (Wildman–Crippen MR) is 115 cm³/mol. The van der Waals surface area contributed by atoms with Crippen LogP contribution in [-0.2, 0) is 13.0 Å². The molecule has 1 aliphatic heterocycles. The molecule has 156 valence electrons. The molecule has 4 rings (SSSR count). The van der Waals surface area contributed by atoms with Gasteiger partial charge in [-0.2, -0.15) is 0 Å². The van der Waals surface area contributed by atoms with Gasteiger partial charge < -0.3 is 25.4 Å². The number of rotatable bonds is 6. The van der Waals surface area contributed by atoms with E-state index in [1.54, 1.807) is 42.7 Å². The number of carboxylic acids is 1. The van der Waals surface area contributed by atoms with Crippen molar-refractivity contribution in [2.75, 3.05) is 5.32 Å². The molecule has 1 atom stereocenters. The minimum atomic E-state index is -1.35. The fourth-order valence-electron chi connectivity index (χ4n) is 3.46. The average molecular weight is 417 g/mol. The number of carbonyl (C=O) groups excluding carboxylic acids is 1. The van der Waals surface area contributed by atoms with E-state index in [0.29, 0.717) is 17.7 Å². The summed E-state index contributed by atoms with van der Waals surface area (Å²) in [6, 6.07) is 15.6. The number of hydrogen-bond donors (Lipinski definition) is 4. The van der Waals surface area contributed by atoms with E-state index >= 15 is 0 Å². The van der Waals surface area contributed by atoms with Crippen LogP contribution in [0, 0.1) is 0 Å². The molecule has 1 aliphatic rings. The minimum absolute atomic E-state index is 0.0184. The Morgan fingerprint density at radius 1 is 1.16 bits per heavy atom. The lowest BCUT2D eigenvalue weighted by Gasteiger charge is -2.28. The van der Waals surface area contributed by atoms with Crippen molar-refractivity contribution in [1.29, 1.82) is 0 Å². The number of carbonyl (C=O) groups is 2. The molecule has 8 nitrogen and oxygen atoms in total. The number of benzene rings is 2. The second kappa shape index (κ2) is 8.89. The normalized spacial score (nSPS) is 14.9. The Morgan fingerprint density at radius 3 is 2.77 bits per heavy atom. The van der Waals surface area contributed by atoms with Gasteiger partial charge in [-0.05, 0) is 47.9 Å². The number of hydrogen-bond acceptors (Lipinski definition) is 6. The Balaban J connectivity index is 1.44. The number of aromatic nitrogens is 1. The largest absolute Gasteiger partial charge is 0.547 e. The number of fused-ring (bicyclic) bond motifs is 1. The number of amides is 1. The minimum Gasteiger partial charge on any atom is -0.534 e. The number of para-hydroxylation sites is 1. The lowest BCUT2D eigenvalue weighted by atomic mass is 9.72. The van der Waals surface area contributed by atoms with Crippen LogP contribution in [0.5, 0.6) is 5.75 Å². The highest BCUT2D eigenvalue weighted by Gasteiger charge is 2.37. The van der Waals surface area contributed by atoms with E-state index in [1.165, 1.54) is 6.07 Å². The van der Waals surface area contributed by atoms with Crippen LogP contribution in [0.1, 0.15) is 31.8 Å². The number of pyridine rings is 1. The zero-order valence-corrected chi connectivity index (χ0v) is 16.5. The first-order valence-corrected chi connectivity index (χ1v) is 9.75. The molecule has 0 unspecified atom stereocenters. The van der Waals surface area contributed by atoms with Crippen LogP contribution in [0.2, 0.25) is 0 Å². The summed E-state index contributed by atoms with van der Waals surface area (Å²) < 4.78 is 5.43. The Bertz CT molecular complexity index is 1110. The second-order valence-corrected chi connectivity index (χ2v) is 7.19. The van der Waals surface area contributed by atoms with Gasteiger partial charge in [-0.3, -0.25) is 9.78 Å². The standard InChI is InChI=1S/C22H20BN3O5/c27-21(16-6-1-4-14(10-16)12-25-17-7-3-9-24-13-17)26-19-11-15-5-2-8-18(22(28)29)20(15)31-23(19)30/h1-10,13,19,25,30H,11-12H2,(H,26,27)(H,28,29)/t19-/m0/s1. The third kappa shape index (κ3) is 4.67. The maximum Gasteiger partial charge on any atom is 0.547 e. The summed E-state index contributed by atoms with van der Waals surface area (Å²) in [6.45, 7) is 0.521. The fraction of sp³-hybridized carbons (Fsp3) is 0.136. The molecule has 0 saturated carbocycles. The predicted octanol–water partition coefficient (Wildman–Crippen LogP) is 2.15. The van der Waals surface area contributed by atoms with Gasteiger partial charge in [-0.15, -0.1) is 0 Å². The topological polar surface area (TPSA) is 121 Å². The SMILES string of the molecule is O=C(N[C@H]1Cc2cccc(C(=O)O)c2OB1O)c1cccc(CNc2cccnc2)c1. The lowest BCUT2D eigenvalue weighted by Crippen LogP contribution is -2.53. The molecular formula is C22H20BN3O5. The van der Waals surface area contributed by atoms with E-state index in [-0.39, 0.29) is 23.6 Å². The smallest absolute Gasteiger partial charge is 0.534 e. The third-order valence-electron chi connectivity index (χ3n) is 5.01. The lowest BCUT2D eigenvalue weighted by molar-refractivity contribution is 0.0693. The first-order valence-electron chi connectivity index (χ1n) is 9.75. The molecule has 2 heterocycles. The van der Waals surface area contributed by atoms with Crippen molar-refractivity contribution >= 4 is 24.7 Å². The molecule has 1 amide bonds. The van der Waals surface area contributed by atoms with Crippen LogP contribution >= 0.6 is 0 Å². The van der Waals surface area contributed by atoms with E-state index in [2.05, 4.69) is 15.6 Å². The van der Waals surface area contributed by atoms with Crippen LogP contribution in [0.15, 0.2) is 67.0 Å². The first kappa shape index (κ1) is 20.4. The van der Waals surface area contributed by atoms with E-state index in [9.17, 15) is 19.7 Å². The molecule has 3 aromatic rings. The molecular weight excluding hydrogens is 397 g/mol. The van der Waals surface area contributed by atoms with Gasteiger partial charge in [0.25, 0.3) is 5.91 Å². The molecule has 0 bridgehead atoms. The number of carboxylic acid groups (broad SMARTS) is 1. The number of anilines is 1. The molecule has 9 heteroatoms. The summed E-state index contributed by atoms with van der Waals surface area (Å²) in [5.74, 6) is -2.06. The molecule has 2 aromatic carbocycles. The number of aromatic carboxylic acids is 1. The number of nitrogens with one attached hydrogen (secondary N) is 2. The van der Waals surface area contributed by atoms with E-state index < -0.39 is 19.0 Å². The number of nitrogens with zero attached hydrogens (tertiary/aromatic N) is 1. The van der Waals surface area contributed by atoms with E-state index in [0.717, 1.165) is 11.3 Å². The van der Waals surface area contributed by atoms with Crippen molar-refractivity contribution in [1.82, 2.24) is 10.3 Å². The molecule has 0 fully saturated rings. The summed E-state index contributed by atoms with van der Waals surface area (Å²) in [4.78, 5) is 28.2. The van der Waals surface area contributed by atoms with Gasteiger partial charge in [0, 0.05) is 24.5 Å². The van der Waals surface area contributed by atoms with Crippen LogP contribution < -0.4 is 15.3 Å². The highest BCUT2D eigenvalue weighted by molar-refractivity contribution is 6.47. The zero-order valence-electron chi connectivity index (χ0n) is 16.5. The van der Waals surface area contributed by atoms with Gasteiger partial charge >= 0.3 is 13.1 Å².